The third-order valence-corrected chi connectivity index (χ3v) is 2.95. The fourth-order valence-corrected chi connectivity index (χ4v) is 2.02. The van der Waals surface area contributed by atoms with Gasteiger partial charge in [0.25, 0.3) is 0 Å². The van der Waals surface area contributed by atoms with Crippen LogP contribution in [-0.2, 0) is 11.3 Å². The van der Waals surface area contributed by atoms with Crippen molar-refractivity contribution < 1.29 is 13.9 Å². The fourth-order valence-electron chi connectivity index (χ4n) is 2.02. The highest BCUT2D eigenvalue weighted by molar-refractivity contribution is 5.90. The highest BCUT2D eigenvalue weighted by Gasteiger charge is 2.18. The molecular weight excluding hydrogens is 220 g/mol. The predicted octanol–water partition coefficient (Wildman–Crippen LogP) is 0.861. The van der Waals surface area contributed by atoms with Crippen LogP contribution in [0.15, 0.2) is 16.7 Å². The zero-order valence-electron chi connectivity index (χ0n) is 10.1. The van der Waals surface area contributed by atoms with Crippen LogP contribution in [0.3, 0.4) is 0 Å². The Balaban J connectivity index is 2.02. The molecule has 0 aromatic carbocycles. The first-order valence-electron chi connectivity index (χ1n) is 5.89. The van der Waals surface area contributed by atoms with E-state index in [2.05, 4.69) is 10.2 Å². The molecule has 1 aliphatic rings. The van der Waals surface area contributed by atoms with Crippen LogP contribution >= 0.6 is 0 Å². The van der Waals surface area contributed by atoms with Crippen LogP contribution < -0.4 is 5.32 Å². The van der Waals surface area contributed by atoms with Crippen molar-refractivity contribution in [3.8, 4) is 0 Å². The number of methoxy groups -OCH3 is 1. The standard InChI is InChI=1S/C12H18N2O3/c1-16-12(15)10-3-8-17-11(10)9-14-6-2-4-13-5-7-14/h3,8,13H,2,4-7,9H2,1H3. The summed E-state index contributed by atoms with van der Waals surface area (Å²) in [5, 5.41) is 3.34. The Morgan fingerprint density at radius 1 is 1.53 bits per heavy atom. The van der Waals surface area contributed by atoms with Gasteiger partial charge in [0.15, 0.2) is 0 Å². The number of carbonyl (C=O) groups excluding carboxylic acids is 1. The minimum Gasteiger partial charge on any atom is -0.467 e. The number of esters is 1. The molecule has 5 nitrogen and oxygen atoms in total. The van der Waals surface area contributed by atoms with Crippen molar-refractivity contribution in [1.82, 2.24) is 10.2 Å². The van der Waals surface area contributed by atoms with E-state index in [-0.39, 0.29) is 5.97 Å². The number of hydrogen-bond donors (Lipinski definition) is 1. The molecule has 0 saturated carbocycles. The maximum Gasteiger partial charge on any atom is 0.341 e. The topological polar surface area (TPSA) is 54.7 Å². The zero-order chi connectivity index (χ0) is 12.1. The molecule has 1 aromatic rings. The number of rotatable bonds is 3. The summed E-state index contributed by atoms with van der Waals surface area (Å²) in [5.41, 5.74) is 0.532. The lowest BCUT2D eigenvalue weighted by Crippen LogP contribution is -2.28. The quantitative estimate of drug-likeness (QED) is 0.792. The van der Waals surface area contributed by atoms with E-state index < -0.39 is 0 Å². The van der Waals surface area contributed by atoms with E-state index >= 15 is 0 Å². The Morgan fingerprint density at radius 3 is 3.24 bits per heavy atom. The van der Waals surface area contributed by atoms with Gasteiger partial charge in [0.1, 0.15) is 11.3 Å². The van der Waals surface area contributed by atoms with Gasteiger partial charge >= 0.3 is 5.97 Å². The Labute approximate surface area is 101 Å². The molecular formula is C12H18N2O3. The van der Waals surface area contributed by atoms with Gasteiger partial charge in [-0.25, -0.2) is 4.79 Å². The fraction of sp³-hybridized carbons (Fsp3) is 0.583. The van der Waals surface area contributed by atoms with Gasteiger partial charge in [-0.2, -0.15) is 0 Å². The van der Waals surface area contributed by atoms with Crippen molar-refractivity contribution in [2.24, 2.45) is 0 Å². The Morgan fingerprint density at radius 2 is 2.41 bits per heavy atom. The van der Waals surface area contributed by atoms with Crippen LogP contribution in [0.2, 0.25) is 0 Å². The van der Waals surface area contributed by atoms with Gasteiger partial charge in [-0.05, 0) is 25.6 Å². The van der Waals surface area contributed by atoms with Crippen molar-refractivity contribution in [2.45, 2.75) is 13.0 Å². The summed E-state index contributed by atoms with van der Waals surface area (Å²) in [6.45, 7) is 4.70. The second kappa shape index (κ2) is 5.84. The van der Waals surface area contributed by atoms with Crippen molar-refractivity contribution in [3.63, 3.8) is 0 Å². The number of ether oxygens (including phenoxy) is 1. The molecule has 1 aromatic heterocycles. The molecule has 0 atom stereocenters. The number of nitrogens with one attached hydrogen (secondary N) is 1. The number of furan rings is 1. The monoisotopic (exact) mass is 238 g/mol. The minimum absolute atomic E-state index is 0.332. The van der Waals surface area contributed by atoms with E-state index in [0.29, 0.717) is 17.9 Å². The SMILES string of the molecule is COC(=O)c1ccoc1CN1CCCNCC1. The molecule has 0 amide bonds. The van der Waals surface area contributed by atoms with Crippen LogP contribution in [0.1, 0.15) is 22.5 Å². The Hall–Kier alpha value is -1.33. The van der Waals surface area contributed by atoms with E-state index in [4.69, 9.17) is 9.15 Å². The van der Waals surface area contributed by atoms with Gasteiger partial charge in [0, 0.05) is 13.1 Å². The van der Waals surface area contributed by atoms with Crippen LogP contribution in [0.5, 0.6) is 0 Å². The lowest BCUT2D eigenvalue weighted by molar-refractivity contribution is 0.0596. The highest BCUT2D eigenvalue weighted by atomic mass is 16.5. The van der Waals surface area contributed by atoms with Crippen molar-refractivity contribution in [3.05, 3.63) is 23.7 Å². The molecule has 2 heterocycles. The van der Waals surface area contributed by atoms with Gasteiger partial charge in [-0.15, -0.1) is 0 Å². The van der Waals surface area contributed by atoms with Crippen LogP contribution in [-0.4, -0.2) is 44.2 Å². The lowest BCUT2D eigenvalue weighted by atomic mass is 10.2. The molecule has 1 saturated heterocycles. The summed E-state index contributed by atoms with van der Waals surface area (Å²) in [5.74, 6) is 0.362. The molecule has 0 aliphatic carbocycles. The number of hydrogen-bond acceptors (Lipinski definition) is 5. The van der Waals surface area contributed by atoms with Crippen LogP contribution in [0.4, 0.5) is 0 Å². The molecule has 0 bridgehead atoms. The van der Waals surface area contributed by atoms with E-state index in [1.807, 2.05) is 0 Å². The molecule has 0 unspecified atom stereocenters. The first-order valence-corrected chi connectivity index (χ1v) is 5.89. The minimum atomic E-state index is -0.332. The van der Waals surface area contributed by atoms with Gasteiger partial charge in [-0.1, -0.05) is 0 Å². The second-order valence-electron chi connectivity index (χ2n) is 4.13. The third-order valence-electron chi connectivity index (χ3n) is 2.95. The Kier molecular flexibility index (Phi) is 4.17. The molecule has 1 aliphatic heterocycles. The molecule has 2 rings (SSSR count). The average molecular weight is 238 g/mol. The van der Waals surface area contributed by atoms with E-state index in [9.17, 15) is 4.79 Å². The maximum atomic E-state index is 11.5. The summed E-state index contributed by atoms with van der Waals surface area (Å²) in [7, 11) is 1.38. The van der Waals surface area contributed by atoms with E-state index in [1.54, 1.807) is 6.07 Å². The molecule has 17 heavy (non-hydrogen) atoms. The first-order chi connectivity index (χ1) is 8.31. The normalized spacial score (nSPS) is 17.7. The van der Waals surface area contributed by atoms with Gasteiger partial charge in [0.2, 0.25) is 0 Å². The Bertz CT molecular complexity index is 368. The first kappa shape index (κ1) is 12.1. The second-order valence-corrected chi connectivity index (χ2v) is 4.13. The molecule has 0 radical (unpaired) electrons. The molecule has 94 valence electrons. The van der Waals surface area contributed by atoms with Crippen LogP contribution in [0.25, 0.3) is 0 Å². The van der Waals surface area contributed by atoms with E-state index in [0.717, 1.165) is 32.6 Å². The highest BCUT2D eigenvalue weighted by Crippen LogP contribution is 2.15. The summed E-state index contributed by atoms with van der Waals surface area (Å²) < 4.78 is 10.1. The lowest BCUT2D eigenvalue weighted by Gasteiger charge is -2.18. The molecule has 1 fully saturated rings. The van der Waals surface area contributed by atoms with Crippen molar-refractivity contribution in [2.75, 3.05) is 33.3 Å². The van der Waals surface area contributed by atoms with E-state index in [1.165, 1.54) is 13.4 Å². The summed E-state index contributed by atoms with van der Waals surface area (Å²) in [4.78, 5) is 13.8. The zero-order valence-corrected chi connectivity index (χ0v) is 10.1. The van der Waals surface area contributed by atoms with Gasteiger partial charge in [0.05, 0.1) is 19.9 Å². The van der Waals surface area contributed by atoms with Crippen LogP contribution in [0, 0.1) is 0 Å². The average Bonchev–Trinajstić information content (AvgIpc) is 2.64. The van der Waals surface area contributed by atoms with Gasteiger partial charge < -0.3 is 14.5 Å². The smallest absolute Gasteiger partial charge is 0.341 e. The molecule has 0 spiro atoms. The largest absolute Gasteiger partial charge is 0.467 e. The van der Waals surface area contributed by atoms with Crippen molar-refractivity contribution >= 4 is 5.97 Å². The summed E-state index contributed by atoms with van der Waals surface area (Å²) in [6.07, 6.45) is 2.66. The van der Waals surface area contributed by atoms with Gasteiger partial charge in [-0.3, -0.25) is 4.90 Å². The maximum absolute atomic E-state index is 11.5. The number of carbonyl (C=O) groups is 1. The predicted molar refractivity (Wildman–Crippen MR) is 62.8 cm³/mol. The third kappa shape index (κ3) is 3.08. The van der Waals surface area contributed by atoms with Crippen molar-refractivity contribution in [1.29, 1.82) is 0 Å². The number of nitrogens with zero attached hydrogens (tertiary/aromatic N) is 1. The summed E-state index contributed by atoms with van der Waals surface area (Å²) in [6, 6.07) is 1.66. The molecule has 5 heteroatoms. The summed E-state index contributed by atoms with van der Waals surface area (Å²) >= 11 is 0. The molecule has 1 N–H and O–H groups in total.